The molecule has 0 aromatic rings. The van der Waals surface area contributed by atoms with E-state index in [-0.39, 0.29) is 18.4 Å². The van der Waals surface area contributed by atoms with E-state index < -0.39 is 13.9 Å². The van der Waals surface area contributed by atoms with Crippen molar-refractivity contribution in [1.29, 1.82) is 0 Å². The fourth-order valence-electron chi connectivity index (χ4n) is 3.66. The average Bonchev–Trinajstić information content (AvgIpc) is 2.95. The molecule has 12 nitrogen and oxygen atoms in total. The van der Waals surface area contributed by atoms with Crippen molar-refractivity contribution in [2.45, 2.75) is 25.5 Å². The molecular weight excluding hydrogens is 694 g/mol. The minimum absolute atomic E-state index is 0.171. The Bertz CT molecular complexity index is 668. The van der Waals surface area contributed by atoms with Crippen molar-refractivity contribution in [3.8, 4) is 0 Å². The van der Waals surface area contributed by atoms with Gasteiger partial charge in [0.15, 0.2) is 6.23 Å². The summed E-state index contributed by atoms with van der Waals surface area (Å²) >= 11 is 17.7. The topological polar surface area (TPSA) is 136 Å². The standard InChI is InChI=1S/C10H16Br2N2O2.C7H15Cl2N2O4P.C4H10N2/c11-3-1-9(15)13-5-7-14(8-6-13)10(16)2-4-12;8-2-4-11(5-3-9)16(13)10-7(15-12)1-6-14-16;1-2-6-4-3-5-1/h1-8H2;7,12H,1-6H2,(H,10,13);5-6H,1-4H2/t;7-,16-;/m.0./s1. The molecule has 0 aliphatic carbocycles. The van der Waals surface area contributed by atoms with Gasteiger partial charge >= 0.3 is 7.67 Å². The predicted octanol–water partition coefficient (Wildman–Crippen LogP) is 2.11. The second-order valence-corrected chi connectivity index (χ2v) is 12.8. The fourth-order valence-corrected chi connectivity index (χ4v) is 7.01. The number of hydrogen-bond acceptors (Lipinski definition) is 8. The first kappa shape index (κ1) is 36.5. The predicted molar refractivity (Wildman–Crippen MR) is 158 cm³/mol. The number of nitrogens with zero attached hydrogens (tertiary/aromatic N) is 3. The molecule has 224 valence electrons. The maximum Gasteiger partial charge on any atom is 0.345 e. The van der Waals surface area contributed by atoms with Crippen molar-refractivity contribution in [3.05, 3.63) is 0 Å². The fraction of sp³-hybridized carbons (Fsp3) is 0.905. The summed E-state index contributed by atoms with van der Waals surface area (Å²) in [6.07, 6.45) is 0.813. The van der Waals surface area contributed by atoms with Gasteiger partial charge in [0, 0.05) is 107 Å². The second-order valence-electron chi connectivity index (χ2n) is 8.34. The molecule has 0 unspecified atom stereocenters. The van der Waals surface area contributed by atoms with Crippen LogP contribution < -0.4 is 15.7 Å². The number of amides is 2. The summed E-state index contributed by atoms with van der Waals surface area (Å²) in [5, 5.41) is 19.0. The minimum atomic E-state index is -3.20. The van der Waals surface area contributed by atoms with Crippen LogP contribution in [0.25, 0.3) is 0 Å². The molecule has 2 atom stereocenters. The summed E-state index contributed by atoms with van der Waals surface area (Å²) in [5.74, 6) is 0.974. The first-order valence-electron chi connectivity index (χ1n) is 12.6. The lowest BCUT2D eigenvalue weighted by molar-refractivity contribution is -0.286. The van der Waals surface area contributed by atoms with E-state index in [1.54, 1.807) is 0 Å². The molecule has 3 saturated heterocycles. The van der Waals surface area contributed by atoms with Crippen LogP contribution >= 0.6 is 62.7 Å². The smallest absolute Gasteiger partial charge is 0.339 e. The number of carbonyl (C=O) groups excluding carboxylic acids is 2. The molecule has 3 rings (SSSR count). The molecule has 0 spiro atoms. The summed E-state index contributed by atoms with van der Waals surface area (Å²) in [5.41, 5.74) is 0. The van der Waals surface area contributed by atoms with Crippen molar-refractivity contribution in [3.63, 3.8) is 0 Å². The Hall–Kier alpha value is 0.430. The lowest BCUT2D eigenvalue weighted by Crippen LogP contribution is -2.50. The van der Waals surface area contributed by atoms with Crippen LogP contribution in [0.1, 0.15) is 19.3 Å². The molecule has 0 radical (unpaired) electrons. The molecule has 3 heterocycles. The molecular formula is C21H41Br2Cl2N6O6P. The number of alkyl halides is 4. The Morgan fingerprint density at radius 2 is 1.39 bits per heavy atom. The molecule has 3 fully saturated rings. The average molecular weight is 735 g/mol. The van der Waals surface area contributed by atoms with Gasteiger partial charge in [-0.3, -0.25) is 19.4 Å². The Morgan fingerprint density at radius 1 is 0.947 bits per heavy atom. The number of piperazine rings is 2. The number of halogens is 4. The van der Waals surface area contributed by atoms with Gasteiger partial charge in [-0.15, -0.1) is 23.2 Å². The summed E-state index contributed by atoms with van der Waals surface area (Å²) in [6, 6.07) is 0. The second kappa shape index (κ2) is 22.1. The van der Waals surface area contributed by atoms with E-state index in [0.29, 0.717) is 81.0 Å². The highest BCUT2D eigenvalue weighted by atomic mass is 79.9. The van der Waals surface area contributed by atoms with Gasteiger partial charge in [-0.2, -0.15) is 0 Å². The SMILES string of the molecule is C1CNCCN1.O=C(CCBr)N1CCN(C(=O)CCBr)CC1.O=[P@@]1(N(CCCl)CCCl)N[C@@H](OO)CCO1. The molecule has 4 N–H and O–H groups in total. The highest BCUT2D eigenvalue weighted by Crippen LogP contribution is 2.49. The number of hydrogen-bond donors (Lipinski definition) is 4. The highest BCUT2D eigenvalue weighted by Gasteiger charge is 2.37. The Balaban J connectivity index is 0.000000312. The zero-order chi connectivity index (χ0) is 28.2. The third-order valence-electron chi connectivity index (χ3n) is 5.70. The van der Waals surface area contributed by atoms with Gasteiger partial charge in [0.25, 0.3) is 0 Å². The van der Waals surface area contributed by atoms with E-state index in [9.17, 15) is 14.2 Å². The molecule has 3 aliphatic rings. The molecule has 0 aromatic carbocycles. The van der Waals surface area contributed by atoms with E-state index in [0.717, 1.165) is 26.2 Å². The molecule has 0 aromatic heterocycles. The minimum Gasteiger partial charge on any atom is -0.339 e. The van der Waals surface area contributed by atoms with Crippen LogP contribution in [0.3, 0.4) is 0 Å². The van der Waals surface area contributed by atoms with Crippen LogP contribution in [0, 0.1) is 0 Å². The van der Waals surface area contributed by atoms with E-state index in [1.807, 2.05) is 9.80 Å². The van der Waals surface area contributed by atoms with Gasteiger partial charge < -0.3 is 25.0 Å². The summed E-state index contributed by atoms with van der Waals surface area (Å²) in [7, 11) is -3.20. The molecule has 0 saturated carbocycles. The molecule has 38 heavy (non-hydrogen) atoms. The van der Waals surface area contributed by atoms with Crippen LogP contribution in [-0.4, -0.2) is 132 Å². The van der Waals surface area contributed by atoms with Crippen molar-refractivity contribution in [1.82, 2.24) is 30.2 Å². The van der Waals surface area contributed by atoms with Crippen LogP contribution in [0.2, 0.25) is 0 Å². The Labute approximate surface area is 252 Å². The van der Waals surface area contributed by atoms with Crippen LogP contribution in [0.4, 0.5) is 0 Å². The lowest BCUT2D eigenvalue weighted by atomic mass is 10.2. The maximum absolute atomic E-state index is 12.4. The normalized spacial score (nSPS) is 23.7. The zero-order valence-corrected chi connectivity index (χ0v) is 27.2. The lowest BCUT2D eigenvalue weighted by Gasteiger charge is -2.35. The van der Waals surface area contributed by atoms with Crippen molar-refractivity contribution in [2.75, 3.05) is 94.5 Å². The molecule has 0 bridgehead atoms. The van der Waals surface area contributed by atoms with E-state index in [4.69, 9.17) is 33.0 Å². The third-order valence-corrected chi connectivity index (χ3v) is 9.12. The first-order chi connectivity index (χ1) is 18.3. The van der Waals surface area contributed by atoms with Crippen molar-refractivity contribution in [2.24, 2.45) is 0 Å². The largest absolute Gasteiger partial charge is 0.345 e. The van der Waals surface area contributed by atoms with E-state index in [1.165, 1.54) is 4.67 Å². The monoisotopic (exact) mass is 732 g/mol. The van der Waals surface area contributed by atoms with Crippen LogP contribution in [-0.2, 0) is 23.6 Å². The van der Waals surface area contributed by atoms with Crippen LogP contribution in [0.5, 0.6) is 0 Å². The van der Waals surface area contributed by atoms with Crippen LogP contribution in [0.15, 0.2) is 0 Å². The summed E-state index contributed by atoms with van der Waals surface area (Å²) < 4.78 is 19.1. The maximum atomic E-state index is 12.4. The molecule has 17 heteroatoms. The quantitative estimate of drug-likeness (QED) is 0.114. The van der Waals surface area contributed by atoms with Crippen molar-refractivity contribution >= 4 is 74.5 Å². The Morgan fingerprint density at radius 3 is 1.74 bits per heavy atom. The number of nitrogens with one attached hydrogen (secondary N) is 3. The van der Waals surface area contributed by atoms with E-state index in [2.05, 4.69) is 52.5 Å². The first-order valence-corrected chi connectivity index (χ1v) is 17.5. The summed E-state index contributed by atoms with van der Waals surface area (Å²) in [4.78, 5) is 31.0. The summed E-state index contributed by atoms with van der Waals surface area (Å²) in [6.45, 7) is 8.24. The van der Waals surface area contributed by atoms with Gasteiger partial charge in [-0.05, 0) is 0 Å². The number of rotatable bonds is 10. The Kier molecular flexibility index (Phi) is 21.2. The van der Waals surface area contributed by atoms with Gasteiger partial charge in [0.05, 0.1) is 6.61 Å². The highest BCUT2D eigenvalue weighted by molar-refractivity contribution is 9.09. The van der Waals surface area contributed by atoms with E-state index >= 15 is 0 Å². The molecule has 2 amide bonds. The van der Waals surface area contributed by atoms with Gasteiger partial charge in [0.2, 0.25) is 11.8 Å². The third kappa shape index (κ3) is 14.4. The number of carbonyl (C=O) groups is 2. The van der Waals surface area contributed by atoms with Gasteiger partial charge in [-0.25, -0.2) is 14.6 Å². The van der Waals surface area contributed by atoms with Gasteiger partial charge in [-0.1, -0.05) is 31.9 Å². The molecule has 3 aliphatic heterocycles. The van der Waals surface area contributed by atoms with Crippen molar-refractivity contribution < 1.29 is 28.8 Å². The van der Waals surface area contributed by atoms with Gasteiger partial charge in [0.1, 0.15) is 0 Å². The zero-order valence-electron chi connectivity index (χ0n) is 21.6.